The molecule has 0 saturated heterocycles. The van der Waals surface area contributed by atoms with Gasteiger partial charge in [0.2, 0.25) is 0 Å². The number of hydrogen-bond donors (Lipinski definition) is 1. The number of ether oxygens (including phenoxy) is 1. The van der Waals surface area contributed by atoms with Gasteiger partial charge in [-0.25, -0.2) is 4.98 Å². The summed E-state index contributed by atoms with van der Waals surface area (Å²) >= 11 is 3.53. The van der Waals surface area contributed by atoms with Gasteiger partial charge in [-0.2, -0.15) is 0 Å². The Hall–Kier alpha value is -1.33. The molecule has 18 heavy (non-hydrogen) atoms. The van der Waals surface area contributed by atoms with Crippen molar-refractivity contribution in [3.63, 3.8) is 0 Å². The number of hydrogen-bond acceptors (Lipinski definition) is 3. The first-order valence-corrected chi connectivity index (χ1v) is 6.62. The molecule has 1 aromatic carbocycles. The average molecular weight is 309 g/mol. The van der Waals surface area contributed by atoms with Crippen LogP contribution in [0.4, 0.5) is 0 Å². The third-order valence-electron chi connectivity index (χ3n) is 3.11. The molecule has 1 aliphatic heterocycles. The zero-order chi connectivity index (χ0) is 12.5. The van der Waals surface area contributed by atoms with E-state index in [1.807, 2.05) is 10.8 Å². The second kappa shape index (κ2) is 4.74. The quantitative estimate of drug-likeness (QED) is 0.945. The third-order valence-corrected chi connectivity index (χ3v) is 3.57. The van der Waals surface area contributed by atoms with E-state index in [1.165, 1.54) is 5.56 Å². The predicted molar refractivity (Wildman–Crippen MR) is 70.6 cm³/mol. The number of aliphatic hydroxyl groups is 1. The Bertz CT molecular complexity index is 580. The summed E-state index contributed by atoms with van der Waals surface area (Å²) < 4.78 is 8.69. The van der Waals surface area contributed by atoms with Crippen LogP contribution in [0, 0.1) is 0 Å². The average Bonchev–Trinajstić information content (AvgIpc) is 2.96. The highest BCUT2D eigenvalue weighted by Crippen LogP contribution is 2.33. The van der Waals surface area contributed by atoms with Crippen molar-refractivity contribution in [1.82, 2.24) is 9.55 Å². The molecule has 3 rings (SSSR count). The summed E-state index contributed by atoms with van der Waals surface area (Å²) in [5.41, 5.74) is 2.36. The lowest BCUT2D eigenvalue weighted by Gasteiger charge is -2.11. The van der Waals surface area contributed by atoms with Crippen LogP contribution in [0.3, 0.4) is 0 Å². The number of imidazole rings is 1. The van der Waals surface area contributed by atoms with Crippen molar-refractivity contribution in [3.05, 3.63) is 46.0 Å². The Morgan fingerprint density at radius 2 is 2.33 bits per heavy atom. The summed E-state index contributed by atoms with van der Waals surface area (Å²) in [6.45, 7) is 1.36. The second-order valence-corrected chi connectivity index (χ2v) is 5.20. The van der Waals surface area contributed by atoms with Gasteiger partial charge in [0.15, 0.2) is 0 Å². The first-order chi connectivity index (χ1) is 8.78. The van der Waals surface area contributed by atoms with Crippen LogP contribution in [0.25, 0.3) is 0 Å². The second-order valence-electron chi connectivity index (χ2n) is 4.28. The van der Waals surface area contributed by atoms with Crippen molar-refractivity contribution in [2.45, 2.75) is 19.6 Å². The number of aromatic nitrogens is 2. The smallest absolute Gasteiger partial charge is 0.134 e. The molecule has 0 aliphatic carbocycles. The van der Waals surface area contributed by atoms with Crippen molar-refractivity contribution < 1.29 is 9.84 Å². The standard InChI is InChI=1S/C13H13BrN2O2/c14-11-5-9-1-4-18-13(9)10(6-11)7-16-3-2-15-12(16)8-17/h2-3,5-6,17H,1,4,7-8H2. The summed E-state index contributed by atoms with van der Waals surface area (Å²) in [4.78, 5) is 4.11. The van der Waals surface area contributed by atoms with E-state index in [0.29, 0.717) is 12.4 Å². The lowest BCUT2D eigenvalue weighted by molar-refractivity contribution is 0.266. The maximum absolute atomic E-state index is 9.21. The molecule has 0 saturated carbocycles. The molecular formula is C13H13BrN2O2. The van der Waals surface area contributed by atoms with Crippen molar-refractivity contribution in [1.29, 1.82) is 0 Å². The molecule has 0 atom stereocenters. The third kappa shape index (κ3) is 2.04. The molecule has 0 bridgehead atoms. The molecule has 2 aromatic rings. The topological polar surface area (TPSA) is 47.3 Å². The fourth-order valence-corrected chi connectivity index (χ4v) is 2.84. The molecule has 0 fully saturated rings. The van der Waals surface area contributed by atoms with E-state index in [2.05, 4.69) is 33.0 Å². The fourth-order valence-electron chi connectivity index (χ4n) is 2.28. The molecule has 1 aromatic heterocycles. The van der Waals surface area contributed by atoms with Crippen LogP contribution in [0.2, 0.25) is 0 Å². The molecule has 0 amide bonds. The first kappa shape index (κ1) is 11.7. The van der Waals surface area contributed by atoms with Crippen LogP contribution in [-0.2, 0) is 19.6 Å². The Balaban J connectivity index is 1.98. The molecule has 5 heteroatoms. The number of fused-ring (bicyclic) bond motifs is 1. The Kier molecular flexibility index (Phi) is 3.09. The van der Waals surface area contributed by atoms with Gasteiger partial charge in [-0.3, -0.25) is 0 Å². The van der Waals surface area contributed by atoms with E-state index in [4.69, 9.17) is 4.74 Å². The van der Waals surface area contributed by atoms with Crippen molar-refractivity contribution in [2.75, 3.05) is 6.61 Å². The van der Waals surface area contributed by atoms with Gasteiger partial charge in [0, 0.05) is 28.9 Å². The summed E-state index contributed by atoms with van der Waals surface area (Å²) in [5, 5.41) is 9.21. The molecular weight excluding hydrogens is 296 g/mol. The SMILES string of the molecule is OCc1nccn1Cc1cc(Br)cc2c1OCC2. The summed E-state index contributed by atoms with van der Waals surface area (Å²) in [6, 6.07) is 4.16. The minimum atomic E-state index is -0.0515. The van der Waals surface area contributed by atoms with Crippen LogP contribution in [0.1, 0.15) is 17.0 Å². The molecule has 0 radical (unpaired) electrons. The molecule has 1 N–H and O–H groups in total. The lowest BCUT2D eigenvalue weighted by atomic mass is 10.1. The van der Waals surface area contributed by atoms with Crippen LogP contribution >= 0.6 is 15.9 Å². The molecule has 0 spiro atoms. The first-order valence-electron chi connectivity index (χ1n) is 5.83. The monoisotopic (exact) mass is 308 g/mol. The minimum absolute atomic E-state index is 0.0515. The zero-order valence-electron chi connectivity index (χ0n) is 9.77. The number of benzene rings is 1. The Labute approximate surface area is 113 Å². The van der Waals surface area contributed by atoms with Crippen LogP contribution in [0.15, 0.2) is 29.0 Å². The highest BCUT2D eigenvalue weighted by atomic mass is 79.9. The number of nitrogens with zero attached hydrogens (tertiary/aromatic N) is 2. The molecule has 2 heterocycles. The maximum Gasteiger partial charge on any atom is 0.134 e. The minimum Gasteiger partial charge on any atom is -0.493 e. The number of rotatable bonds is 3. The Morgan fingerprint density at radius 1 is 1.44 bits per heavy atom. The number of aliphatic hydroxyl groups excluding tert-OH is 1. The molecule has 0 unspecified atom stereocenters. The molecule has 94 valence electrons. The Morgan fingerprint density at radius 3 is 3.17 bits per heavy atom. The van der Waals surface area contributed by atoms with Gasteiger partial charge in [-0.15, -0.1) is 0 Å². The van der Waals surface area contributed by atoms with E-state index in [-0.39, 0.29) is 6.61 Å². The number of halogens is 1. The predicted octanol–water partition coefficient (Wildman–Crippen LogP) is 2.12. The largest absolute Gasteiger partial charge is 0.493 e. The van der Waals surface area contributed by atoms with Crippen LogP contribution in [-0.4, -0.2) is 21.3 Å². The van der Waals surface area contributed by atoms with Crippen molar-refractivity contribution in [2.24, 2.45) is 0 Å². The van der Waals surface area contributed by atoms with E-state index >= 15 is 0 Å². The molecule has 1 aliphatic rings. The van der Waals surface area contributed by atoms with E-state index in [1.54, 1.807) is 6.20 Å². The van der Waals surface area contributed by atoms with E-state index in [0.717, 1.165) is 28.8 Å². The van der Waals surface area contributed by atoms with Crippen LogP contribution in [0.5, 0.6) is 5.75 Å². The lowest BCUT2D eigenvalue weighted by Crippen LogP contribution is -2.05. The highest BCUT2D eigenvalue weighted by Gasteiger charge is 2.18. The van der Waals surface area contributed by atoms with Crippen molar-refractivity contribution in [3.8, 4) is 5.75 Å². The summed E-state index contributed by atoms with van der Waals surface area (Å²) in [7, 11) is 0. The van der Waals surface area contributed by atoms with Crippen LogP contribution < -0.4 is 4.74 Å². The maximum atomic E-state index is 9.21. The molecule has 4 nitrogen and oxygen atoms in total. The van der Waals surface area contributed by atoms with Gasteiger partial charge < -0.3 is 14.4 Å². The highest BCUT2D eigenvalue weighted by molar-refractivity contribution is 9.10. The summed E-state index contributed by atoms with van der Waals surface area (Å²) in [6.07, 6.45) is 4.52. The van der Waals surface area contributed by atoms with Gasteiger partial charge in [-0.05, 0) is 17.7 Å². The zero-order valence-corrected chi connectivity index (χ0v) is 11.4. The van der Waals surface area contributed by atoms with Gasteiger partial charge >= 0.3 is 0 Å². The van der Waals surface area contributed by atoms with Gasteiger partial charge in [-0.1, -0.05) is 15.9 Å². The van der Waals surface area contributed by atoms with E-state index < -0.39 is 0 Å². The fraction of sp³-hybridized carbons (Fsp3) is 0.308. The normalized spacial score (nSPS) is 13.4. The van der Waals surface area contributed by atoms with Gasteiger partial charge in [0.25, 0.3) is 0 Å². The van der Waals surface area contributed by atoms with Gasteiger partial charge in [0.05, 0.1) is 13.2 Å². The summed E-state index contributed by atoms with van der Waals surface area (Å²) in [5.74, 6) is 1.65. The van der Waals surface area contributed by atoms with Gasteiger partial charge in [0.1, 0.15) is 18.2 Å². The van der Waals surface area contributed by atoms with Crippen molar-refractivity contribution >= 4 is 15.9 Å². The van der Waals surface area contributed by atoms with E-state index in [9.17, 15) is 5.11 Å².